The third kappa shape index (κ3) is 6.67. The van der Waals surface area contributed by atoms with E-state index in [0.717, 1.165) is 49.9 Å². The molecule has 3 rings (SSSR count). The standard InChI is InChI=1S/C28H40N2O4S/c1-18(2)29-16-8-7-9-22(26(29)32)30(25(31)20-12-10-19(3)11-13-20)23-17-21(14-15-28(4,5)6)35-24(23)27(33)34/h17-20,22H,7-13,16H2,1-6H3,(H,33,34). The lowest BCUT2D eigenvalue weighted by Crippen LogP contribution is -2.53. The largest absolute Gasteiger partial charge is 0.477 e. The van der Waals surface area contributed by atoms with Crippen LogP contribution in [0.3, 0.4) is 0 Å². The Hall–Kier alpha value is -2.33. The normalized spacial score (nSPS) is 23.5. The molecule has 6 nitrogen and oxygen atoms in total. The summed E-state index contributed by atoms with van der Waals surface area (Å²) in [5, 5.41) is 10.1. The zero-order valence-corrected chi connectivity index (χ0v) is 22.8. The number of aromatic carboxylic acids is 1. The molecule has 0 spiro atoms. The zero-order valence-electron chi connectivity index (χ0n) is 22.0. The second-order valence-electron chi connectivity index (χ2n) is 11.4. The SMILES string of the molecule is CC1CCC(C(=O)N(c2cc(C#CC(C)(C)C)sc2C(=O)O)C2CCCCN(C(C)C)C2=O)CC1. The molecule has 0 bridgehead atoms. The minimum Gasteiger partial charge on any atom is -0.477 e. The van der Waals surface area contributed by atoms with Crippen LogP contribution in [0.4, 0.5) is 5.69 Å². The molecule has 192 valence electrons. The van der Waals surface area contributed by atoms with Crippen LogP contribution in [0.1, 0.15) is 101 Å². The second-order valence-corrected chi connectivity index (χ2v) is 12.5. The molecule has 1 aromatic rings. The maximum atomic E-state index is 14.1. The number of carboxylic acids is 1. The van der Waals surface area contributed by atoms with Gasteiger partial charge in [0, 0.05) is 23.9 Å². The number of carbonyl (C=O) groups excluding carboxylic acids is 2. The van der Waals surface area contributed by atoms with Gasteiger partial charge in [0.15, 0.2) is 0 Å². The lowest BCUT2D eigenvalue weighted by Gasteiger charge is -2.37. The first kappa shape index (κ1) is 27.3. The minimum atomic E-state index is -1.09. The number of anilines is 1. The number of carboxylic acid groups (broad SMARTS) is 1. The Balaban J connectivity index is 2.11. The minimum absolute atomic E-state index is 0.0187. The van der Waals surface area contributed by atoms with Gasteiger partial charge in [-0.3, -0.25) is 14.5 Å². The van der Waals surface area contributed by atoms with Crippen molar-refractivity contribution >= 4 is 34.8 Å². The molecule has 2 heterocycles. The molecule has 1 N–H and O–H groups in total. The van der Waals surface area contributed by atoms with Crippen LogP contribution in [-0.2, 0) is 9.59 Å². The number of hydrogen-bond donors (Lipinski definition) is 1. The molecule has 1 aromatic heterocycles. The van der Waals surface area contributed by atoms with Crippen molar-refractivity contribution in [1.29, 1.82) is 0 Å². The fraction of sp³-hybridized carbons (Fsp3) is 0.679. The molecular weight excluding hydrogens is 460 g/mol. The van der Waals surface area contributed by atoms with Crippen LogP contribution in [0.2, 0.25) is 0 Å². The molecule has 2 aliphatic rings. The second kappa shape index (κ2) is 11.2. The van der Waals surface area contributed by atoms with Crippen molar-refractivity contribution in [1.82, 2.24) is 4.90 Å². The van der Waals surface area contributed by atoms with Crippen LogP contribution in [0, 0.1) is 29.1 Å². The van der Waals surface area contributed by atoms with Crippen molar-refractivity contribution in [3.63, 3.8) is 0 Å². The molecule has 1 aliphatic carbocycles. The third-order valence-electron chi connectivity index (χ3n) is 6.96. The van der Waals surface area contributed by atoms with Gasteiger partial charge in [-0.1, -0.05) is 18.8 Å². The number of likely N-dealkylation sites (tertiary alicyclic amines) is 1. The summed E-state index contributed by atoms with van der Waals surface area (Å²) in [6, 6.07) is 1.04. The predicted molar refractivity (Wildman–Crippen MR) is 141 cm³/mol. The van der Waals surface area contributed by atoms with Gasteiger partial charge in [-0.15, -0.1) is 11.3 Å². The molecule has 1 saturated carbocycles. The van der Waals surface area contributed by atoms with Crippen molar-refractivity contribution in [2.75, 3.05) is 11.4 Å². The topological polar surface area (TPSA) is 77.9 Å². The van der Waals surface area contributed by atoms with Crippen molar-refractivity contribution in [3.8, 4) is 11.8 Å². The Morgan fingerprint density at radius 2 is 1.80 bits per heavy atom. The first-order valence-electron chi connectivity index (χ1n) is 12.9. The average Bonchev–Trinajstić information content (AvgIpc) is 3.10. The zero-order chi connectivity index (χ0) is 25.9. The van der Waals surface area contributed by atoms with E-state index in [0.29, 0.717) is 29.4 Å². The molecule has 2 fully saturated rings. The number of thiophene rings is 1. The predicted octanol–water partition coefficient (Wildman–Crippen LogP) is 5.79. The van der Waals surface area contributed by atoms with Crippen LogP contribution in [0.5, 0.6) is 0 Å². The molecule has 1 unspecified atom stereocenters. The van der Waals surface area contributed by atoms with Crippen molar-refractivity contribution in [2.45, 2.75) is 98.6 Å². The highest BCUT2D eigenvalue weighted by molar-refractivity contribution is 7.15. The van der Waals surface area contributed by atoms with Gasteiger partial charge in [-0.05, 0) is 91.5 Å². The quantitative estimate of drug-likeness (QED) is 0.519. The highest BCUT2D eigenvalue weighted by Gasteiger charge is 2.41. The Labute approximate surface area is 214 Å². The van der Waals surface area contributed by atoms with Crippen LogP contribution in [-0.4, -0.2) is 46.4 Å². The summed E-state index contributed by atoms with van der Waals surface area (Å²) in [6.07, 6.45) is 5.71. The highest BCUT2D eigenvalue weighted by atomic mass is 32.1. The molecule has 0 aromatic carbocycles. The summed E-state index contributed by atoms with van der Waals surface area (Å²) in [5.41, 5.74) is 0.0879. The van der Waals surface area contributed by atoms with Crippen molar-refractivity contribution in [2.24, 2.45) is 17.3 Å². The summed E-state index contributed by atoms with van der Waals surface area (Å²) in [5.74, 6) is 5.37. The molecular formula is C28H40N2O4S. The van der Waals surface area contributed by atoms with E-state index in [1.807, 2.05) is 39.5 Å². The maximum absolute atomic E-state index is 14.1. The van der Waals surface area contributed by atoms with Gasteiger partial charge in [0.2, 0.25) is 11.8 Å². The lowest BCUT2D eigenvalue weighted by atomic mass is 9.82. The summed E-state index contributed by atoms with van der Waals surface area (Å²) in [7, 11) is 0. The monoisotopic (exact) mass is 500 g/mol. The van der Waals surface area contributed by atoms with Gasteiger partial charge in [-0.2, -0.15) is 0 Å². The molecule has 7 heteroatoms. The number of carbonyl (C=O) groups is 3. The first-order chi connectivity index (χ1) is 16.4. The van der Waals surface area contributed by atoms with Gasteiger partial charge >= 0.3 is 5.97 Å². The van der Waals surface area contributed by atoms with Crippen molar-refractivity contribution < 1.29 is 19.5 Å². The summed E-state index contributed by atoms with van der Waals surface area (Å²) < 4.78 is 0. The molecule has 1 saturated heterocycles. The fourth-order valence-corrected chi connectivity index (χ4v) is 5.81. The molecule has 35 heavy (non-hydrogen) atoms. The van der Waals surface area contributed by atoms with Gasteiger partial charge in [0.1, 0.15) is 10.9 Å². The van der Waals surface area contributed by atoms with Gasteiger partial charge in [-0.25, -0.2) is 4.79 Å². The summed E-state index contributed by atoms with van der Waals surface area (Å²) >= 11 is 1.09. The number of hydrogen-bond acceptors (Lipinski definition) is 4. The Morgan fingerprint density at radius 3 is 2.37 bits per heavy atom. The van der Waals surface area contributed by atoms with E-state index >= 15 is 0 Å². The average molecular weight is 501 g/mol. The van der Waals surface area contributed by atoms with E-state index in [1.54, 1.807) is 11.0 Å². The smallest absolute Gasteiger partial charge is 0.348 e. The first-order valence-corrected chi connectivity index (χ1v) is 13.7. The lowest BCUT2D eigenvalue weighted by molar-refractivity contribution is -0.136. The number of rotatable bonds is 5. The van der Waals surface area contributed by atoms with E-state index in [2.05, 4.69) is 18.8 Å². The van der Waals surface area contributed by atoms with Crippen LogP contribution >= 0.6 is 11.3 Å². The molecule has 0 radical (unpaired) electrons. The van der Waals surface area contributed by atoms with Crippen LogP contribution in [0.15, 0.2) is 6.07 Å². The summed E-state index contributed by atoms with van der Waals surface area (Å²) in [4.78, 5) is 44.2. The van der Waals surface area contributed by atoms with E-state index < -0.39 is 12.0 Å². The van der Waals surface area contributed by atoms with E-state index in [9.17, 15) is 19.5 Å². The highest BCUT2D eigenvalue weighted by Crippen LogP contribution is 2.38. The van der Waals surface area contributed by atoms with Gasteiger partial charge in [0.05, 0.1) is 10.6 Å². The number of amides is 2. The van der Waals surface area contributed by atoms with E-state index in [1.165, 1.54) is 0 Å². The van der Waals surface area contributed by atoms with E-state index in [4.69, 9.17) is 0 Å². The van der Waals surface area contributed by atoms with Gasteiger partial charge < -0.3 is 10.0 Å². The fourth-order valence-electron chi connectivity index (χ4n) is 4.97. The Morgan fingerprint density at radius 1 is 1.14 bits per heavy atom. The molecule has 1 atom stereocenters. The van der Waals surface area contributed by atoms with Crippen LogP contribution in [0.25, 0.3) is 0 Å². The number of nitrogens with zero attached hydrogens (tertiary/aromatic N) is 2. The Kier molecular flexibility index (Phi) is 8.69. The maximum Gasteiger partial charge on any atom is 0.348 e. The molecule has 1 aliphatic heterocycles. The van der Waals surface area contributed by atoms with Crippen molar-refractivity contribution in [3.05, 3.63) is 15.8 Å². The van der Waals surface area contributed by atoms with Gasteiger partial charge in [0.25, 0.3) is 0 Å². The van der Waals surface area contributed by atoms with E-state index in [-0.39, 0.29) is 34.1 Å². The Bertz CT molecular complexity index is 1000. The summed E-state index contributed by atoms with van der Waals surface area (Å²) in [6.45, 7) is 12.8. The van der Waals surface area contributed by atoms with Crippen LogP contribution < -0.4 is 4.90 Å². The third-order valence-corrected chi connectivity index (χ3v) is 7.99. The molecule has 2 amide bonds.